The largest absolute Gasteiger partial charge is 0.321 e. The first-order valence-corrected chi connectivity index (χ1v) is 4.44. The van der Waals surface area contributed by atoms with Crippen molar-refractivity contribution in [3.05, 3.63) is 10.8 Å². The number of hydrogen-bond acceptors (Lipinski definition) is 5. The van der Waals surface area contributed by atoms with Crippen LogP contribution in [0.2, 0.25) is 0 Å². The zero-order chi connectivity index (χ0) is 8.72. The molecule has 2 aromatic heterocycles. The highest BCUT2D eigenvalue weighted by molar-refractivity contribution is 7.16. The number of rotatable bonds is 1. The van der Waals surface area contributed by atoms with E-state index in [-0.39, 0.29) is 6.04 Å². The third-order valence-electron chi connectivity index (χ3n) is 1.52. The van der Waals surface area contributed by atoms with Gasteiger partial charge in [0.25, 0.3) is 0 Å². The second kappa shape index (κ2) is 2.49. The predicted molar refractivity (Wildman–Crippen MR) is 46.0 cm³/mol. The van der Waals surface area contributed by atoms with Gasteiger partial charge >= 0.3 is 0 Å². The number of aryl methyl sites for hydroxylation is 1. The first-order valence-electron chi connectivity index (χ1n) is 3.63. The number of nitrogens with two attached hydrogens (primary N) is 1. The van der Waals surface area contributed by atoms with E-state index < -0.39 is 0 Å². The molecule has 0 spiro atoms. The lowest BCUT2D eigenvalue weighted by atomic mass is 10.3. The van der Waals surface area contributed by atoms with Crippen molar-refractivity contribution in [1.29, 1.82) is 0 Å². The summed E-state index contributed by atoms with van der Waals surface area (Å²) in [5.74, 6) is 0.717. The molecule has 0 radical (unpaired) electrons. The van der Waals surface area contributed by atoms with E-state index >= 15 is 0 Å². The number of hydrogen-bond donors (Lipinski definition) is 1. The molecule has 0 aromatic carbocycles. The van der Waals surface area contributed by atoms with E-state index in [1.165, 1.54) is 11.3 Å². The molecule has 2 heterocycles. The molecular weight excluding hydrogens is 174 g/mol. The standard InChI is InChI=1S/C6H9N5S/c1-3(7)5-8-9-6-11(5)10-4(2)12-6/h3H,7H2,1-2H3. The molecule has 0 bridgehead atoms. The van der Waals surface area contributed by atoms with Gasteiger partial charge in [-0.25, -0.2) is 0 Å². The third-order valence-corrected chi connectivity index (χ3v) is 2.34. The molecule has 0 aliphatic rings. The lowest BCUT2D eigenvalue weighted by molar-refractivity contribution is 0.696. The van der Waals surface area contributed by atoms with Gasteiger partial charge in [-0.05, 0) is 13.8 Å². The van der Waals surface area contributed by atoms with Gasteiger partial charge in [0, 0.05) is 0 Å². The highest BCUT2D eigenvalue weighted by Crippen LogP contribution is 2.15. The van der Waals surface area contributed by atoms with Crippen molar-refractivity contribution < 1.29 is 0 Å². The van der Waals surface area contributed by atoms with Crippen LogP contribution in [0.15, 0.2) is 0 Å². The maximum atomic E-state index is 5.67. The molecule has 0 saturated heterocycles. The Hall–Kier alpha value is -1.01. The maximum absolute atomic E-state index is 5.67. The Morgan fingerprint density at radius 2 is 2.25 bits per heavy atom. The van der Waals surface area contributed by atoms with Crippen LogP contribution >= 0.6 is 11.3 Å². The number of nitrogens with zero attached hydrogens (tertiary/aromatic N) is 4. The van der Waals surface area contributed by atoms with Gasteiger partial charge in [0.15, 0.2) is 5.82 Å². The Morgan fingerprint density at radius 1 is 1.50 bits per heavy atom. The van der Waals surface area contributed by atoms with Gasteiger partial charge in [-0.2, -0.15) is 9.61 Å². The molecule has 0 amide bonds. The van der Waals surface area contributed by atoms with E-state index in [2.05, 4.69) is 15.3 Å². The van der Waals surface area contributed by atoms with Gasteiger partial charge in [0.1, 0.15) is 5.01 Å². The molecule has 6 heteroatoms. The van der Waals surface area contributed by atoms with Crippen LogP contribution in [0.4, 0.5) is 0 Å². The predicted octanol–water partition coefficient (Wildman–Crippen LogP) is 0.514. The average Bonchev–Trinajstić information content (AvgIpc) is 2.43. The highest BCUT2D eigenvalue weighted by atomic mass is 32.1. The summed E-state index contributed by atoms with van der Waals surface area (Å²) in [5, 5.41) is 13.1. The first-order chi connectivity index (χ1) is 5.68. The summed E-state index contributed by atoms with van der Waals surface area (Å²) >= 11 is 1.51. The van der Waals surface area contributed by atoms with E-state index in [1.54, 1.807) is 4.52 Å². The molecule has 2 aromatic rings. The van der Waals surface area contributed by atoms with Gasteiger partial charge in [-0.1, -0.05) is 11.3 Å². The van der Waals surface area contributed by atoms with Crippen molar-refractivity contribution in [1.82, 2.24) is 19.8 Å². The van der Waals surface area contributed by atoms with Crippen LogP contribution in [0, 0.1) is 6.92 Å². The number of fused-ring (bicyclic) bond motifs is 1. The first kappa shape index (κ1) is 7.63. The molecule has 1 atom stereocenters. The van der Waals surface area contributed by atoms with Crippen molar-refractivity contribution in [2.75, 3.05) is 0 Å². The topological polar surface area (TPSA) is 69.1 Å². The van der Waals surface area contributed by atoms with Gasteiger partial charge in [-0.15, -0.1) is 10.2 Å². The minimum Gasteiger partial charge on any atom is -0.321 e. The van der Waals surface area contributed by atoms with Crippen LogP contribution < -0.4 is 5.73 Å². The summed E-state index contributed by atoms with van der Waals surface area (Å²) in [6.45, 7) is 3.80. The summed E-state index contributed by atoms with van der Waals surface area (Å²) in [6, 6.07) is -0.124. The number of aromatic nitrogens is 4. The Bertz CT molecular complexity index is 401. The maximum Gasteiger partial charge on any atom is 0.234 e. The average molecular weight is 183 g/mol. The molecule has 0 saturated carbocycles. The van der Waals surface area contributed by atoms with Crippen molar-refractivity contribution >= 4 is 16.3 Å². The van der Waals surface area contributed by atoms with E-state index in [9.17, 15) is 0 Å². The molecule has 0 aliphatic heterocycles. The van der Waals surface area contributed by atoms with Crippen LogP contribution in [-0.2, 0) is 0 Å². The summed E-state index contributed by atoms with van der Waals surface area (Å²) in [4.78, 5) is 0.805. The molecule has 0 aliphatic carbocycles. The molecule has 12 heavy (non-hydrogen) atoms. The van der Waals surface area contributed by atoms with Crippen LogP contribution in [0.1, 0.15) is 23.8 Å². The Labute approximate surface area is 73.2 Å². The summed E-state index contributed by atoms with van der Waals surface area (Å²) < 4.78 is 1.70. The Balaban J connectivity index is 2.68. The lowest BCUT2D eigenvalue weighted by Crippen LogP contribution is -2.10. The zero-order valence-electron chi connectivity index (χ0n) is 6.85. The molecule has 5 nitrogen and oxygen atoms in total. The summed E-state index contributed by atoms with van der Waals surface area (Å²) in [6.07, 6.45) is 0. The fraction of sp³-hybridized carbons (Fsp3) is 0.500. The van der Waals surface area contributed by atoms with Crippen molar-refractivity contribution in [3.8, 4) is 0 Å². The Kier molecular flexibility index (Phi) is 1.59. The van der Waals surface area contributed by atoms with Gasteiger partial charge in [0.05, 0.1) is 6.04 Å². The molecule has 2 rings (SSSR count). The summed E-state index contributed by atoms with van der Waals surface area (Å²) in [7, 11) is 0. The molecule has 1 unspecified atom stereocenters. The quantitative estimate of drug-likeness (QED) is 0.699. The second-order valence-corrected chi connectivity index (χ2v) is 3.82. The van der Waals surface area contributed by atoms with Crippen LogP contribution in [0.3, 0.4) is 0 Å². The highest BCUT2D eigenvalue weighted by Gasteiger charge is 2.12. The van der Waals surface area contributed by atoms with Crippen molar-refractivity contribution in [2.24, 2.45) is 5.73 Å². The van der Waals surface area contributed by atoms with Crippen molar-refractivity contribution in [2.45, 2.75) is 19.9 Å². The lowest BCUT2D eigenvalue weighted by Gasteiger charge is -1.97. The van der Waals surface area contributed by atoms with Crippen molar-refractivity contribution in [3.63, 3.8) is 0 Å². The summed E-state index contributed by atoms with van der Waals surface area (Å²) in [5.41, 5.74) is 5.67. The van der Waals surface area contributed by atoms with E-state index in [0.717, 1.165) is 9.97 Å². The normalized spacial score (nSPS) is 13.9. The fourth-order valence-corrected chi connectivity index (χ4v) is 1.70. The minimum atomic E-state index is -0.124. The zero-order valence-corrected chi connectivity index (χ0v) is 7.67. The molecule has 64 valence electrons. The molecular formula is C6H9N5S. The minimum absolute atomic E-state index is 0.124. The second-order valence-electron chi connectivity index (χ2n) is 2.66. The molecule has 2 N–H and O–H groups in total. The monoisotopic (exact) mass is 183 g/mol. The van der Waals surface area contributed by atoms with Gasteiger partial charge in [-0.3, -0.25) is 0 Å². The van der Waals surface area contributed by atoms with Crippen LogP contribution in [-0.4, -0.2) is 19.8 Å². The van der Waals surface area contributed by atoms with Gasteiger partial charge < -0.3 is 5.73 Å². The van der Waals surface area contributed by atoms with E-state index in [1.807, 2.05) is 13.8 Å². The van der Waals surface area contributed by atoms with E-state index in [0.29, 0.717) is 5.82 Å². The Morgan fingerprint density at radius 3 is 2.92 bits per heavy atom. The third kappa shape index (κ3) is 0.997. The smallest absolute Gasteiger partial charge is 0.234 e. The van der Waals surface area contributed by atoms with Crippen LogP contribution in [0.5, 0.6) is 0 Å². The molecule has 0 fully saturated rings. The SMILES string of the molecule is Cc1nn2c(C(C)N)nnc2s1. The van der Waals surface area contributed by atoms with Crippen LogP contribution in [0.25, 0.3) is 4.96 Å². The fourth-order valence-electron chi connectivity index (χ4n) is 1.01. The van der Waals surface area contributed by atoms with E-state index in [4.69, 9.17) is 5.73 Å². The van der Waals surface area contributed by atoms with Gasteiger partial charge in [0.2, 0.25) is 4.96 Å².